The van der Waals surface area contributed by atoms with E-state index in [1.165, 1.54) is 0 Å². The van der Waals surface area contributed by atoms with Gasteiger partial charge in [-0.1, -0.05) is 0 Å². The molecule has 0 bridgehead atoms. The minimum absolute atomic E-state index is 0.0547. The van der Waals surface area contributed by atoms with Crippen molar-refractivity contribution in [2.75, 3.05) is 26.2 Å². The number of piperidine rings is 1. The van der Waals surface area contributed by atoms with Gasteiger partial charge in [0.1, 0.15) is 6.17 Å². The summed E-state index contributed by atoms with van der Waals surface area (Å²) in [5.74, 6) is 0. The molecule has 0 aromatic rings. The lowest BCUT2D eigenvalue weighted by Gasteiger charge is -2.34. The van der Waals surface area contributed by atoms with E-state index in [9.17, 15) is 9.18 Å². The molecule has 0 spiro atoms. The van der Waals surface area contributed by atoms with Crippen LogP contribution >= 0.6 is 0 Å². The van der Waals surface area contributed by atoms with Crippen molar-refractivity contribution in [2.45, 2.75) is 51.4 Å². The highest BCUT2D eigenvalue weighted by Crippen LogP contribution is 2.11. The summed E-state index contributed by atoms with van der Waals surface area (Å²) in [4.78, 5) is 13.8. The minimum atomic E-state index is -0.984. The molecule has 1 aliphatic rings. The number of nitrogens with two attached hydrogens (primary N) is 1. The molecule has 1 saturated heterocycles. The van der Waals surface area contributed by atoms with Crippen LogP contribution in [0.25, 0.3) is 0 Å². The smallest absolute Gasteiger partial charge is 0.315 e. The van der Waals surface area contributed by atoms with Gasteiger partial charge in [-0.2, -0.15) is 0 Å². The normalized spacial score (nSPS) is 22.9. The third-order valence-corrected chi connectivity index (χ3v) is 3.04. The van der Waals surface area contributed by atoms with Crippen molar-refractivity contribution in [1.82, 2.24) is 15.5 Å². The molecular formula is C13H27FN4O. The number of nitrogens with zero attached hydrogens (tertiary/aromatic N) is 1. The molecule has 2 amide bonds. The number of halogens is 1. The van der Waals surface area contributed by atoms with E-state index in [2.05, 4.69) is 10.6 Å². The molecule has 1 unspecified atom stereocenters. The van der Waals surface area contributed by atoms with Crippen LogP contribution in [0.5, 0.6) is 0 Å². The van der Waals surface area contributed by atoms with Crippen LogP contribution in [0.3, 0.4) is 0 Å². The largest absolute Gasteiger partial charge is 0.334 e. The molecule has 19 heavy (non-hydrogen) atoms. The first-order valence-electron chi connectivity index (χ1n) is 6.95. The maximum atomic E-state index is 13.3. The fourth-order valence-electron chi connectivity index (χ4n) is 2.26. The Balaban J connectivity index is 2.36. The van der Waals surface area contributed by atoms with Gasteiger partial charge in [-0.05, 0) is 40.2 Å². The van der Waals surface area contributed by atoms with E-state index in [1.54, 1.807) is 0 Å². The Morgan fingerprint density at radius 1 is 1.53 bits per heavy atom. The molecule has 0 aromatic carbocycles. The quantitative estimate of drug-likeness (QED) is 0.711. The molecule has 6 heteroatoms. The third-order valence-electron chi connectivity index (χ3n) is 3.04. The summed E-state index contributed by atoms with van der Waals surface area (Å²) < 4.78 is 13.3. The maximum Gasteiger partial charge on any atom is 0.315 e. The van der Waals surface area contributed by atoms with Gasteiger partial charge in [0.2, 0.25) is 0 Å². The summed E-state index contributed by atoms with van der Waals surface area (Å²) in [6.07, 6.45) is 0.924. The first-order chi connectivity index (χ1) is 8.80. The molecule has 0 aromatic heterocycles. The van der Waals surface area contributed by atoms with Gasteiger partial charge in [0.05, 0.1) is 0 Å². The van der Waals surface area contributed by atoms with Crippen LogP contribution in [0.4, 0.5) is 9.18 Å². The van der Waals surface area contributed by atoms with E-state index < -0.39 is 6.17 Å². The Bertz CT molecular complexity index is 293. The summed E-state index contributed by atoms with van der Waals surface area (Å²) >= 11 is 0. The Hall–Kier alpha value is -0.880. The fourth-order valence-corrected chi connectivity index (χ4v) is 2.26. The molecule has 112 valence electrons. The number of alkyl halides is 1. The van der Waals surface area contributed by atoms with Crippen LogP contribution < -0.4 is 16.4 Å². The lowest BCUT2D eigenvalue weighted by molar-refractivity contribution is 0.147. The number of carbonyl (C=O) groups is 1. The monoisotopic (exact) mass is 274 g/mol. The van der Waals surface area contributed by atoms with E-state index in [1.807, 2.05) is 25.7 Å². The van der Waals surface area contributed by atoms with E-state index in [0.29, 0.717) is 13.1 Å². The number of rotatable bonds is 4. The van der Waals surface area contributed by atoms with Crippen LogP contribution in [-0.4, -0.2) is 54.9 Å². The molecule has 0 aliphatic carbocycles. The second-order valence-corrected chi connectivity index (χ2v) is 6.28. The zero-order valence-electron chi connectivity index (χ0n) is 12.2. The molecule has 1 fully saturated rings. The van der Waals surface area contributed by atoms with Crippen LogP contribution in [0.1, 0.15) is 33.6 Å². The zero-order valence-corrected chi connectivity index (χ0v) is 12.2. The summed E-state index contributed by atoms with van der Waals surface area (Å²) in [6.45, 7) is 7.80. The predicted molar refractivity (Wildman–Crippen MR) is 74.8 cm³/mol. The standard InChI is InChI=1S/C13H27FN4O/c1-13(2,3)17-12(19)16-11-5-4-6-18(9-11)8-10(14)7-15/h10-11H,4-9,15H2,1-3H3,(H2,16,17,19)/t10?,11-/m1/s1. The number of hydrogen-bond donors (Lipinski definition) is 3. The van der Waals surface area contributed by atoms with Crippen molar-refractivity contribution < 1.29 is 9.18 Å². The number of carbonyl (C=O) groups excluding carboxylic acids is 1. The Labute approximate surface area is 115 Å². The second-order valence-electron chi connectivity index (χ2n) is 6.28. The van der Waals surface area contributed by atoms with E-state index >= 15 is 0 Å². The molecule has 4 N–H and O–H groups in total. The average Bonchev–Trinajstić information content (AvgIpc) is 2.26. The van der Waals surface area contributed by atoms with Crippen LogP contribution in [0.15, 0.2) is 0 Å². The lowest BCUT2D eigenvalue weighted by Crippen LogP contribution is -2.54. The molecule has 1 heterocycles. The topological polar surface area (TPSA) is 70.4 Å². The molecular weight excluding hydrogens is 247 g/mol. The van der Waals surface area contributed by atoms with Gasteiger partial charge in [-0.25, -0.2) is 9.18 Å². The van der Waals surface area contributed by atoms with Gasteiger partial charge in [0.25, 0.3) is 0 Å². The number of amides is 2. The van der Waals surface area contributed by atoms with Crippen molar-refractivity contribution in [3.8, 4) is 0 Å². The average molecular weight is 274 g/mol. The molecule has 1 rings (SSSR count). The summed E-state index contributed by atoms with van der Waals surface area (Å²) in [5, 5.41) is 5.82. The van der Waals surface area contributed by atoms with E-state index in [0.717, 1.165) is 19.4 Å². The molecule has 5 nitrogen and oxygen atoms in total. The van der Waals surface area contributed by atoms with Gasteiger partial charge in [-0.15, -0.1) is 0 Å². The van der Waals surface area contributed by atoms with Crippen molar-refractivity contribution in [1.29, 1.82) is 0 Å². The van der Waals surface area contributed by atoms with Gasteiger partial charge in [0.15, 0.2) is 0 Å². The molecule has 0 radical (unpaired) electrons. The summed E-state index contributed by atoms with van der Waals surface area (Å²) in [6, 6.07) is -0.0731. The first-order valence-corrected chi connectivity index (χ1v) is 6.95. The van der Waals surface area contributed by atoms with E-state index in [4.69, 9.17) is 5.73 Å². The first kappa shape index (κ1) is 16.2. The predicted octanol–water partition coefficient (Wildman–Crippen LogP) is 0.845. The van der Waals surface area contributed by atoms with Crippen molar-refractivity contribution in [2.24, 2.45) is 5.73 Å². The van der Waals surface area contributed by atoms with E-state index in [-0.39, 0.29) is 24.2 Å². The van der Waals surface area contributed by atoms with Crippen molar-refractivity contribution >= 4 is 6.03 Å². The number of urea groups is 1. The van der Waals surface area contributed by atoms with Gasteiger partial charge in [0, 0.05) is 31.2 Å². The Morgan fingerprint density at radius 2 is 2.21 bits per heavy atom. The zero-order chi connectivity index (χ0) is 14.5. The summed E-state index contributed by atoms with van der Waals surface area (Å²) in [5.41, 5.74) is 5.04. The SMILES string of the molecule is CC(C)(C)NC(=O)N[C@@H]1CCCN(CC(F)CN)C1. The maximum absolute atomic E-state index is 13.3. The van der Waals surface area contributed by atoms with Crippen LogP contribution in [-0.2, 0) is 0 Å². The highest BCUT2D eigenvalue weighted by atomic mass is 19.1. The minimum Gasteiger partial charge on any atom is -0.334 e. The third kappa shape index (κ3) is 6.73. The van der Waals surface area contributed by atoms with Crippen molar-refractivity contribution in [3.05, 3.63) is 0 Å². The molecule has 1 aliphatic heterocycles. The van der Waals surface area contributed by atoms with Gasteiger partial charge >= 0.3 is 6.03 Å². The Kier molecular flexibility index (Phi) is 6.00. The van der Waals surface area contributed by atoms with Gasteiger partial charge < -0.3 is 16.4 Å². The van der Waals surface area contributed by atoms with Crippen LogP contribution in [0.2, 0.25) is 0 Å². The lowest BCUT2D eigenvalue weighted by atomic mass is 10.1. The highest BCUT2D eigenvalue weighted by Gasteiger charge is 2.24. The van der Waals surface area contributed by atoms with Crippen LogP contribution in [0, 0.1) is 0 Å². The molecule has 2 atom stereocenters. The van der Waals surface area contributed by atoms with Crippen molar-refractivity contribution in [3.63, 3.8) is 0 Å². The fraction of sp³-hybridized carbons (Fsp3) is 0.923. The number of nitrogens with one attached hydrogen (secondary N) is 2. The number of hydrogen-bond acceptors (Lipinski definition) is 3. The highest BCUT2D eigenvalue weighted by molar-refractivity contribution is 5.75. The molecule has 0 saturated carbocycles. The Morgan fingerprint density at radius 3 is 2.79 bits per heavy atom. The summed E-state index contributed by atoms with van der Waals surface area (Å²) in [7, 11) is 0. The number of likely N-dealkylation sites (tertiary alicyclic amines) is 1. The van der Waals surface area contributed by atoms with Gasteiger partial charge in [-0.3, -0.25) is 4.90 Å². The second kappa shape index (κ2) is 7.05.